The Labute approximate surface area is 100 Å². The van der Waals surface area contributed by atoms with Gasteiger partial charge in [-0.2, -0.15) is 0 Å². The fraction of sp³-hybridized carbons (Fsp3) is 1.00. The molecule has 2 fully saturated rings. The number of hydrogen-bond donors (Lipinski definition) is 1. The SMILES string of the molecule is CNCC1CCN(CC2(N(C)C)CCC2)C1. The van der Waals surface area contributed by atoms with E-state index in [4.69, 9.17) is 0 Å². The first-order chi connectivity index (χ1) is 7.66. The van der Waals surface area contributed by atoms with Crippen molar-refractivity contribution in [2.45, 2.75) is 31.2 Å². The first-order valence-electron chi connectivity index (χ1n) is 6.71. The molecule has 0 aromatic heterocycles. The Kier molecular flexibility index (Phi) is 3.88. The highest BCUT2D eigenvalue weighted by molar-refractivity contribution is 4.99. The maximum atomic E-state index is 3.31. The molecule has 16 heavy (non-hydrogen) atoms. The van der Waals surface area contributed by atoms with Crippen LogP contribution in [-0.2, 0) is 0 Å². The molecule has 1 aliphatic carbocycles. The zero-order valence-electron chi connectivity index (χ0n) is 11.1. The molecule has 94 valence electrons. The Balaban J connectivity index is 1.82. The average molecular weight is 225 g/mol. The number of hydrogen-bond acceptors (Lipinski definition) is 3. The Morgan fingerprint density at radius 1 is 1.38 bits per heavy atom. The van der Waals surface area contributed by atoms with Gasteiger partial charge in [-0.3, -0.25) is 0 Å². The fourth-order valence-corrected chi connectivity index (χ4v) is 3.26. The monoisotopic (exact) mass is 225 g/mol. The Morgan fingerprint density at radius 2 is 2.12 bits per heavy atom. The van der Waals surface area contributed by atoms with Crippen LogP contribution in [0.5, 0.6) is 0 Å². The molecule has 1 N–H and O–H groups in total. The van der Waals surface area contributed by atoms with E-state index in [1.165, 1.54) is 51.9 Å². The maximum absolute atomic E-state index is 3.31. The third-order valence-corrected chi connectivity index (χ3v) is 4.61. The van der Waals surface area contributed by atoms with Crippen LogP contribution in [0.2, 0.25) is 0 Å². The van der Waals surface area contributed by atoms with Crippen LogP contribution in [0.15, 0.2) is 0 Å². The number of nitrogens with one attached hydrogen (secondary N) is 1. The lowest BCUT2D eigenvalue weighted by atomic mass is 9.75. The molecule has 1 heterocycles. The lowest BCUT2D eigenvalue weighted by molar-refractivity contribution is 0.0263. The summed E-state index contributed by atoms with van der Waals surface area (Å²) in [4.78, 5) is 5.14. The Bertz CT molecular complexity index is 223. The van der Waals surface area contributed by atoms with Crippen LogP contribution in [0.4, 0.5) is 0 Å². The smallest absolute Gasteiger partial charge is 0.0330 e. The summed E-state index contributed by atoms with van der Waals surface area (Å²) in [6.45, 7) is 5.09. The van der Waals surface area contributed by atoms with E-state index in [1.54, 1.807) is 0 Å². The summed E-state index contributed by atoms with van der Waals surface area (Å²) in [6.07, 6.45) is 5.59. The van der Waals surface area contributed by atoms with Crippen molar-refractivity contribution < 1.29 is 0 Å². The van der Waals surface area contributed by atoms with Crippen molar-refractivity contribution in [3.8, 4) is 0 Å². The molecule has 0 spiro atoms. The second-order valence-electron chi connectivity index (χ2n) is 5.92. The molecule has 1 saturated carbocycles. The molecule has 2 aliphatic rings. The molecule has 0 radical (unpaired) electrons. The minimum absolute atomic E-state index is 0.508. The predicted octanol–water partition coefficient (Wildman–Crippen LogP) is 1.01. The standard InChI is InChI=1S/C13H27N3/c1-14-9-12-5-8-16(10-12)11-13(15(2)3)6-4-7-13/h12,14H,4-11H2,1-3H3. The van der Waals surface area contributed by atoms with Crippen molar-refractivity contribution in [2.24, 2.45) is 5.92 Å². The van der Waals surface area contributed by atoms with E-state index in [0.29, 0.717) is 5.54 Å². The third kappa shape index (κ3) is 2.41. The van der Waals surface area contributed by atoms with Crippen LogP contribution in [0.25, 0.3) is 0 Å². The van der Waals surface area contributed by atoms with Gasteiger partial charge in [-0.05, 0) is 65.8 Å². The van der Waals surface area contributed by atoms with E-state index in [2.05, 4.69) is 36.3 Å². The predicted molar refractivity (Wildman–Crippen MR) is 68.7 cm³/mol. The summed E-state index contributed by atoms with van der Waals surface area (Å²) in [5.74, 6) is 0.879. The van der Waals surface area contributed by atoms with Crippen molar-refractivity contribution >= 4 is 0 Å². The Hall–Kier alpha value is -0.120. The summed E-state index contributed by atoms with van der Waals surface area (Å²) in [7, 11) is 6.57. The van der Waals surface area contributed by atoms with Crippen LogP contribution in [0.1, 0.15) is 25.7 Å². The van der Waals surface area contributed by atoms with Gasteiger partial charge in [0.05, 0.1) is 0 Å². The van der Waals surface area contributed by atoms with Gasteiger partial charge in [0.2, 0.25) is 0 Å². The molecule has 1 saturated heterocycles. The topological polar surface area (TPSA) is 18.5 Å². The summed E-state index contributed by atoms with van der Waals surface area (Å²) >= 11 is 0. The van der Waals surface area contributed by atoms with Gasteiger partial charge in [-0.15, -0.1) is 0 Å². The first kappa shape index (κ1) is 12.3. The van der Waals surface area contributed by atoms with Gasteiger partial charge < -0.3 is 15.1 Å². The lowest BCUT2D eigenvalue weighted by Gasteiger charge is -2.49. The summed E-state index contributed by atoms with van der Waals surface area (Å²) in [5, 5.41) is 3.31. The van der Waals surface area contributed by atoms with Gasteiger partial charge in [0.15, 0.2) is 0 Å². The minimum Gasteiger partial charge on any atom is -0.319 e. The van der Waals surface area contributed by atoms with Crippen molar-refractivity contribution in [1.82, 2.24) is 15.1 Å². The number of likely N-dealkylation sites (tertiary alicyclic amines) is 1. The summed E-state index contributed by atoms with van der Waals surface area (Å²) in [6, 6.07) is 0. The zero-order chi connectivity index (χ0) is 11.6. The van der Waals surface area contributed by atoms with Gasteiger partial charge in [-0.25, -0.2) is 0 Å². The highest BCUT2D eigenvalue weighted by Gasteiger charge is 2.41. The molecule has 1 atom stereocenters. The zero-order valence-corrected chi connectivity index (χ0v) is 11.1. The fourth-order valence-electron chi connectivity index (χ4n) is 3.26. The lowest BCUT2D eigenvalue weighted by Crippen LogP contribution is -2.57. The summed E-state index contributed by atoms with van der Waals surface area (Å²) in [5.41, 5.74) is 0.508. The van der Waals surface area contributed by atoms with Gasteiger partial charge in [-0.1, -0.05) is 0 Å². The molecule has 0 amide bonds. The molecule has 0 bridgehead atoms. The average Bonchev–Trinajstić information content (AvgIpc) is 2.59. The largest absolute Gasteiger partial charge is 0.319 e. The third-order valence-electron chi connectivity index (χ3n) is 4.61. The molecule has 3 nitrogen and oxygen atoms in total. The van der Waals surface area contributed by atoms with E-state index in [1.807, 2.05) is 0 Å². The quantitative estimate of drug-likeness (QED) is 0.753. The van der Waals surface area contributed by atoms with Crippen LogP contribution >= 0.6 is 0 Å². The van der Waals surface area contributed by atoms with Gasteiger partial charge in [0, 0.05) is 18.6 Å². The molecular formula is C13H27N3. The van der Waals surface area contributed by atoms with Gasteiger partial charge >= 0.3 is 0 Å². The van der Waals surface area contributed by atoms with Crippen molar-refractivity contribution in [1.29, 1.82) is 0 Å². The Morgan fingerprint density at radius 3 is 2.62 bits per heavy atom. The van der Waals surface area contributed by atoms with Gasteiger partial charge in [0.25, 0.3) is 0 Å². The second-order valence-corrected chi connectivity index (χ2v) is 5.92. The van der Waals surface area contributed by atoms with Crippen molar-refractivity contribution in [3.63, 3.8) is 0 Å². The highest BCUT2D eigenvalue weighted by Crippen LogP contribution is 2.37. The first-order valence-corrected chi connectivity index (χ1v) is 6.71. The van der Waals surface area contributed by atoms with E-state index in [9.17, 15) is 0 Å². The maximum Gasteiger partial charge on any atom is 0.0330 e. The summed E-state index contributed by atoms with van der Waals surface area (Å²) < 4.78 is 0. The molecule has 3 heteroatoms. The van der Waals surface area contributed by atoms with Crippen molar-refractivity contribution in [3.05, 3.63) is 0 Å². The van der Waals surface area contributed by atoms with E-state index < -0.39 is 0 Å². The van der Waals surface area contributed by atoms with Crippen LogP contribution in [0.3, 0.4) is 0 Å². The number of likely N-dealkylation sites (N-methyl/N-ethyl adjacent to an activating group) is 1. The minimum atomic E-state index is 0.508. The molecule has 1 unspecified atom stereocenters. The molecule has 0 aromatic carbocycles. The van der Waals surface area contributed by atoms with E-state index in [0.717, 1.165) is 5.92 Å². The number of rotatable bonds is 5. The normalized spacial score (nSPS) is 29.6. The second kappa shape index (κ2) is 5.03. The molecular weight excluding hydrogens is 198 g/mol. The van der Waals surface area contributed by atoms with Gasteiger partial charge in [0.1, 0.15) is 0 Å². The van der Waals surface area contributed by atoms with E-state index in [-0.39, 0.29) is 0 Å². The van der Waals surface area contributed by atoms with Crippen molar-refractivity contribution in [2.75, 3.05) is 47.3 Å². The van der Waals surface area contributed by atoms with E-state index >= 15 is 0 Å². The van der Waals surface area contributed by atoms with Crippen LogP contribution in [0, 0.1) is 5.92 Å². The van der Waals surface area contributed by atoms with Crippen LogP contribution < -0.4 is 5.32 Å². The highest BCUT2D eigenvalue weighted by atomic mass is 15.2. The number of nitrogens with zero attached hydrogens (tertiary/aromatic N) is 2. The van der Waals surface area contributed by atoms with Crippen LogP contribution in [-0.4, -0.2) is 62.7 Å². The molecule has 1 aliphatic heterocycles. The molecule has 0 aromatic rings. The molecule has 2 rings (SSSR count).